The van der Waals surface area contributed by atoms with Crippen molar-refractivity contribution in [3.63, 3.8) is 0 Å². The van der Waals surface area contributed by atoms with Crippen molar-refractivity contribution >= 4 is 87.0 Å². The first kappa shape index (κ1) is 34.6. The number of fused-ring (bicyclic) bond motifs is 17. The van der Waals surface area contributed by atoms with E-state index < -0.39 is 0 Å². The van der Waals surface area contributed by atoms with Crippen LogP contribution < -0.4 is 0 Å². The molecule has 0 bridgehead atoms. The van der Waals surface area contributed by atoms with Gasteiger partial charge in [0.05, 0.1) is 0 Å². The number of aromatic nitrogens is 3. The molecule has 0 aliphatic heterocycles. The van der Waals surface area contributed by atoms with Crippen LogP contribution in [0.25, 0.3) is 132 Å². The molecule has 63 heavy (non-hydrogen) atoms. The van der Waals surface area contributed by atoms with Gasteiger partial charge in [0.25, 0.3) is 0 Å². The summed E-state index contributed by atoms with van der Waals surface area (Å²) in [5.41, 5.74) is 10.6. The van der Waals surface area contributed by atoms with Crippen molar-refractivity contribution in [3.8, 4) is 45.3 Å². The highest BCUT2D eigenvalue weighted by Crippen LogP contribution is 2.54. The minimum Gasteiger partial charge on any atom is -0.456 e. The highest BCUT2D eigenvalue weighted by atomic mass is 16.3. The summed E-state index contributed by atoms with van der Waals surface area (Å²) in [4.78, 5) is 16.3. The van der Waals surface area contributed by atoms with Gasteiger partial charge in [-0.1, -0.05) is 147 Å². The molecule has 0 fully saturated rings. The molecule has 3 heterocycles. The Morgan fingerprint density at radius 2 is 0.905 bits per heavy atom. The summed E-state index contributed by atoms with van der Waals surface area (Å²) in [6.45, 7) is 4.61. The van der Waals surface area contributed by atoms with Gasteiger partial charge in [0, 0.05) is 49.2 Å². The zero-order valence-electron chi connectivity index (χ0n) is 34.4. The fraction of sp³-hybridized carbons (Fsp3) is 0.0517. The van der Waals surface area contributed by atoms with Crippen molar-refractivity contribution in [2.24, 2.45) is 0 Å². The molecular formula is C58H35N3O2. The minimum absolute atomic E-state index is 0.285. The first-order valence-corrected chi connectivity index (χ1v) is 21.5. The third-order valence-corrected chi connectivity index (χ3v) is 13.7. The molecular weight excluding hydrogens is 771 g/mol. The van der Waals surface area contributed by atoms with E-state index in [0.29, 0.717) is 17.5 Å². The first-order valence-electron chi connectivity index (χ1n) is 21.5. The van der Waals surface area contributed by atoms with Gasteiger partial charge < -0.3 is 8.83 Å². The number of furan rings is 2. The minimum atomic E-state index is -0.285. The molecule has 1 aliphatic carbocycles. The second kappa shape index (κ2) is 12.5. The Hall–Kier alpha value is -8.15. The molecule has 5 nitrogen and oxygen atoms in total. The lowest BCUT2D eigenvalue weighted by Crippen LogP contribution is -2.15. The quantitative estimate of drug-likeness (QED) is 0.166. The fourth-order valence-electron chi connectivity index (χ4n) is 10.6. The van der Waals surface area contributed by atoms with Gasteiger partial charge in [0.1, 0.15) is 22.3 Å². The molecule has 0 saturated heterocycles. The Morgan fingerprint density at radius 3 is 1.68 bits per heavy atom. The normalized spacial score (nSPS) is 13.4. The van der Waals surface area contributed by atoms with Crippen molar-refractivity contribution in [2.45, 2.75) is 19.3 Å². The molecule has 294 valence electrons. The van der Waals surface area contributed by atoms with Crippen LogP contribution in [0.5, 0.6) is 0 Å². The van der Waals surface area contributed by atoms with Crippen LogP contribution in [0.4, 0.5) is 0 Å². The molecule has 0 saturated carbocycles. The molecule has 0 atom stereocenters. The predicted octanol–water partition coefficient (Wildman–Crippen LogP) is 15.6. The highest BCUT2D eigenvalue weighted by molar-refractivity contribution is 6.28. The van der Waals surface area contributed by atoms with Crippen LogP contribution in [0.2, 0.25) is 0 Å². The average molecular weight is 806 g/mol. The molecule has 3 aromatic heterocycles. The third-order valence-electron chi connectivity index (χ3n) is 13.7. The van der Waals surface area contributed by atoms with E-state index in [1.165, 1.54) is 49.0 Å². The Bertz CT molecular complexity index is 4120. The van der Waals surface area contributed by atoms with Crippen LogP contribution in [0.1, 0.15) is 25.0 Å². The van der Waals surface area contributed by atoms with Gasteiger partial charge in [-0.05, 0) is 102 Å². The van der Waals surface area contributed by atoms with Crippen molar-refractivity contribution < 1.29 is 8.83 Å². The number of hydrogen-bond acceptors (Lipinski definition) is 5. The molecule has 0 unspecified atom stereocenters. The van der Waals surface area contributed by atoms with Crippen LogP contribution in [-0.2, 0) is 5.41 Å². The molecule has 0 N–H and O–H groups in total. The van der Waals surface area contributed by atoms with E-state index in [-0.39, 0.29) is 5.41 Å². The number of para-hydroxylation sites is 2. The highest BCUT2D eigenvalue weighted by Gasteiger charge is 2.39. The standard InChI is InChI=1S/C58H35N3O2/c1-58(2)45-16-8-5-14-40(45)53-46(58)31-44(52-41-15-7-10-18-48(41)63-54(52)53)57-60-55(59-56(61-57)37-27-28-49-43(30-37)39-13-6-9-17-47(39)62-49)36-26-21-33-20-23-35-25-24-34-22-19-32-11-3-4-12-38(32)50(34)51(35)42(33)29-36/h3-31H,1-2H3. The summed E-state index contributed by atoms with van der Waals surface area (Å²) in [5, 5.41) is 13.7. The number of rotatable bonds is 3. The zero-order chi connectivity index (χ0) is 41.6. The summed E-state index contributed by atoms with van der Waals surface area (Å²) in [6, 6.07) is 62.5. The Labute approximate surface area is 360 Å². The fourth-order valence-corrected chi connectivity index (χ4v) is 10.6. The molecule has 0 radical (unpaired) electrons. The molecule has 13 aromatic rings. The summed E-state index contributed by atoms with van der Waals surface area (Å²) >= 11 is 0. The summed E-state index contributed by atoms with van der Waals surface area (Å²) in [5.74, 6) is 1.77. The van der Waals surface area contributed by atoms with E-state index in [9.17, 15) is 0 Å². The van der Waals surface area contributed by atoms with Crippen molar-refractivity contribution in [1.82, 2.24) is 15.0 Å². The van der Waals surface area contributed by atoms with Gasteiger partial charge in [-0.3, -0.25) is 0 Å². The smallest absolute Gasteiger partial charge is 0.164 e. The van der Waals surface area contributed by atoms with E-state index in [2.05, 4.69) is 159 Å². The average Bonchev–Trinajstić information content (AvgIpc) is 3.98. The Balaban J connectivity index is 1.08. The number of hydrogen-bond donors (Lipinski definition) is 0. The molecule has 0 spiro atoms. The number of nitrogens with zero attached hydrogens (tertiary/aromatic N) is 3. The molecule has 0 amide bonds. The summed E-state index contributed by atoms with van der Waals surface area (Å²) < 4.78 is 13.2. The SMILES string of the molecule is CC1(C)c2ccccc2-c2c1cc(-c1nc(-c3ccc4oc5ccccc5c4c3)nc(-c3ccc4ccc5ccc6ccc7ccccc7c6c5c4c3)n1)c1c2oc2ccccc21. The van der Waals surface area contributed by atoms with E-state index in [1.807, 2.05) is 30.3 Å². The van der Waals surface area contributed by atoms with Gasteiger partial charge in [-0.15, -0.1) is 0 Å². The van der Waals surface area contributed by atoms with Crippen LogP contribution in [0, 0.1) is 0 Å². The Kier molecular flexibility index (Phi) is 6.84. The zero-order valence-corrected chi connectivity index (χ0v) is 34.4. The van der Waals surface area contributed by atoms with E-state index in [1.54, 1.807) is 0 Å². The van der Waals surface area contributed by atoms with Gasteiger partial charge in [0.2, 0.25) is 0 Å². The topological polar surface area (TPSA) is 65.0 Å². The largest absolute Gasteiger partial charge is 0.456 e. The van der Waals surface area contributed by atoms with Crippen molar-refractivity contribution in [2.75, 3.05) is 0 Å². The monoisotopic (exact) mass is 805 g/mol. The van der Waals surface area contributed by atoms with Gasteiger partial charge >= 0.3 is 0 Å². The summed E-state index contributed by atoms with van der Waals surface area (Å²) in [6.07, 6.45) is 0. The van der Waals surface area contributed by atoms with Gasteiger partial charge in [-0.2, -0.15) is 0 Å². The van der Waals surface area contributed by atoms with Crippen LogP contribution >= 0.6 is 0 Å². The van der Waals surface area contributed by atoms with Crippen LogP contribution in [0.15, 0.2) is 185 Å². The molecule has 10 aromatic carbocycles. The maximum atomic E-state index is 6.89. The lowest BCUT2D eigenvalue weighted by Gasteiger charge is -2.22. The molecule has 1 aliphatic rings. The molecule has 5 heteroatoms. The van der Waals surface area contributed by atoms with Crippen molar-refractivity contribution in [3.05, 3.63) is 187 Å². The Morgan fingerprint density at radius 1 is 0.365 bits per heavy atom. The predicted molar refractivity (Wildman–Crippen MR) is 258 cm³/mol. The van der Waals surface area contributed by atoms with E-state index in [0.717, 1.165) is 76.9 Å². The maximum Gasteiger partial charge on any atom is 0.164 e. The molecule has 14 rings (SSSR count). The second-order valence-corrected chi connectivity index (χ2v) is 17.5. The first-order chi connectivity index (χ1) is 31.0. The lowest BCUT2D eigenvalue weighted by molar-refractivity contribution is 0.653. The number of benzene rings is 10. The van der Waals surface area contributed by atoms with Crippen LogP contribution in [-0.4, -0.2) is 15.0 Å². The van der Waals surface area contributed by atoms with Crippen molar-refractivity contribution in [1.29, 1.82) is 0 Å². The maximum absolute atomic E-state index is 6.89. The summed E-state index contributed by atoms with van der Waals surface area (Å²) in [7, 11) is 0. The van der Waals surface area contributed by atoms with E-state index >= 15 is 0 Å². The second-order valence-electron chi connectivity index (χ2n) is 17.5. The van der Waals surface area contributed by atoms with Gasteiger partial charge in [0.15, 0.2) is 17.5 Å². The third kappa shape index (κ3) is 4.85. The van der Waals surface area contributed by atoms with Crippen LogP contribution in [0.3, 0.4) is 0 Å². The van der Waals surface area contributed by atoms with Gasteiger partial charge in [-0.25, -0.2) is 15.0 Å². The lowest BCUT2D eigenvalue weighted by atomic mass is 9.81. The van der Waals surface area contributed by atoms with E-state index in [4.69, 9.17) is 23.8 Å².